The van der Waals surface area contributed by atoms with E-state index in [0.717, 1.165) is 0 Å². The fourth-order valence-corrected chi connectivity index (χ4v) is 4.77. The second kappa shape index (κ2) is 9.07. The van der Waals surface area contributed by atoms with Crippen molar-refractivity contribution in [2.24, 2.45) is 0 Å². The molecular formula is C23H27N3O8. The molecule has 2 aliphatic rings. The number of rotatable bonds is 5. The van der Waals surface area contributed by atoms with Crippen molar-refractivity contribution in [3.05, 3.63) is 62.9 Å². The van der Waals surface area contributed by atoms with Crippen molar-refractivity contribution >= 4 is 11.9 Å². The van der Waals surface area contributed by atoms with Crippen molar-refractivity contribution in [1.82, 2.24) is 14.5 Å². The first-order valence-corrected chi connectivity index (χ1v) is 11.0. The summed E-state index contributed by atoms with van der Waals surface area (Å²) in [6.45, 7) is 2.18. The lowest BCUT2D eigenvalue weighted by molar-refractivity contribution is -0.195. The highest BCUT2D eigenvalue weighted by Gasteiger charge is 2.50. The van der Waals surface area contributed by atoms with Gasteiger partial charge in [-0.25, -0.2) is 9.59 Å². The number of hydrogen-bond acceptors (Lipinski definition) is 7. The third-order valence-electron chi connectivity index (χ3n) is 6.56. The van der Waals surface area contributed by atoms with Crippen LogP contribution in [-0.4, -0.2) is 74.0 Å². The number of nitrogens with one attached hydrogen (secondary N) is 1. The van der Waals surface area contributed by atoms with Gasteiger partial charge in [-0.1, -0.05) is 0 Å². The van der Waals surface area contributed by atoms with Gasteiger partial charge in [-0.15, -0.1) is 0 Å². The molecule has 0 aliphatic carbocycles. The van der Waals surface area contributed by atoms with Crippen molar-refractivity contribution in [3.8, 4) is 5.75 Å². The van der Waals surface area contributed by atoms with E-state index >= 15 is 0 Å². The molecule has 2 aliphatic heterocycles. The second-order valence-corrected chi connectivity index (χ2v) is 9.06. The molecule has 3 N–H and O–H groups in total. The van der Waals surface area contributed by atoms with E-state index < -0.39 is 41.1 Å². The Kier molecular flexibility index (Phi) is 6.32. The van der Waals surface area contributed by atoms with Crippen LogP contribution in [0.3, 0.4) is 0 Å². The summed E-state index contributed by atoms with van der Waals surface area (Å²) in [5, 5.41) is 19.9. The molecule has 0 bridgehead atoms. The van der Waals surface area contributed by atoms with Gasteiger partial charge in [0.1, 0.15) is 5.75 Å². The van der Waals surface area contributed by atoms with Crippen molar-refractivity contribution in [3.63, 3.8) is 0 Å². The normalized spacial score (nSPS) is 24.1. The average Bonchev–Trinajstić information content (AvgIpc) is 2.78. The maximum absolute atomic E-state index is 12.9. The molecule has 0 radical (unpaired) electrons. The molecule has 0 unspecified atom stereocenters. The number of ether oxygens (including phenoxy) is 2. The van der Waals surface area contributed by atoms with E-state index in [0.29, 0.717) is 37.2 Å². The number of aliphatic carboxylic acids is 1. The van der Waals surface area contributed by atoms with Crippen LogP contribution in [-0.2, 0) is 9.53 Å². The number of likely N-dealkylation sites (tertiary alicyclic amines) is 1. The molecule has 2 aromatic rings. The van der Waals surface area contributed by atoms with Gasteiger partial charge in [-0.2, -0.15) is 0 Å². The van der Waals surface area contributed by atoms with Crippen molar-refractivity contribution < 1.29 is 29.3 Å². The fourth-order valence-electron chi connectivity index (χ4n) is 4.77. The van der Waals surface area contributed by atoms with Gasteiger partial charge < -0.3 is 24.6 Å². The van der Waals surface area contributed by atoms with Gasteiger partial charge in [0.05, 0.1) is 23.9 Å². The van der Waals surface area contributed by atoms with Crippen LogP contribution in [0.1, 0.15) is 42.6 Å². The number of carbonyl (C=O) groups is 2. The van der Waals surface area contributed by atoms with Crippen LogP contribution in [0.2, 0.25) is 0 Å². The van der Waals surface area contributed by atoms with Crippen LogP contribution in [0.4, 0.5) is 0 Å². The minimum Gasteiger partial charge on any atom is -0.482 e. The first-order chi connectivity index (χ1) is 16.1. The monoisotopic (exact) mass is 473 g/mol. The molecule has 1 aromatic heterocycles. The van der Waals surface area contributed by atoms with Crippen LogP contribution in [0.15, 0.2) is 46.1 Å². The zero-order valence-electron chi connectivity index (χ0n) is 18.7. The van der Waals surface area contributed by atoms with E-state index in [1.54, 1.807) is 36.1 Å². The van der Waals surface area contributed by atoms with Crippen LogP contribution < -0.4 is 16.0 Å². The lowest BCUT2D eigenvalue weighted by atomic mass is 9.75. The summed E-state index contributed by atoms with van der Waals surface area (Å²) in [5.41, 5.74) is -2.51. The molecule has 11 heteroatoms. The molecule has 1 aromatic carbocycles. The number of nitrogens with zero attached hydrogens (tertiary/aromatic N) is 2. The number of aliphatic hydroxyl groups is 1. The summed E-state index contributed by atoms with van der Waals surface area (Å²) in [5.74, 6) is -0.867. The Morgan fingerprint density at radius 2 is 1.85 bits per heavy atom. The molecule has 2 saturated heterocycles. The molecule has 182 valence electrons. The summed E-state index contributed by atoms with van der Waals surface area (Å²) < 4.78 is 12.6. The molecule has 1 amide bonds. The summed E-state index contributed by atoms with van der Waals surface area (Å²) in [6, 6.07) is 6.89. The SMILES string of the molecule is C[C@]1(O)CC2(CCN(C(=O)c3ccc(OCC(=O)O)cc3)CC2)OC[C@@H]1n1ccc(=O)[nH]c1=O. The van der Waals surface area contributed by atoms with Gasteiger partial charge in [0.25, 0.3) is 11.5 Å². The topological polar surface area (TPSA) is 151 Å². The van der Waals surface area contributed by atoms with E-state index in [-0.39, 0.29) is 18.9 Å². The van der Waals surface area contributed by atoms with E-state index in [9.17, 15) is 24.3 Å². The zero-order valence-corrected chi connectivity index (χ0v) is 18.7. The Balaban J connectivity index is 1.38. The maximum atomic E-state index is 12.9. The minimum absolute atomic E-state index is 0.102. The van der Waals surface area contributed by atoms with Crippen molar-refractivity contribution in [1.29, 1.82) is 0 Å². The summed E-state index contributed by atoms with van der Waals surface area (Å²) >= 11 is 0. The molecule has 4 rings (SSSR count). The Bertz CT molecular complexity index is 1180. The first kappa shape index (κ1) is 23.7. The number of piperidine rings is 1. The number of amides is 1. The summed E-state index contributed by atoms with van der Waals surface area (Å²) in [6.07, 6.45) is 2.71. The van der Waals surface area contributed by atoms with E-state index in [1.165, 1.54) is 16.8 Å². The summed E-state index contributed by atoms with van der Waals surface area (Å²) in [7, 11) is 0. The first-order valence-electron chi connectivity index (χ1n) is 11.0. The van der Waals surface area contributed by atoms with Crippen LogP contribution in [0.25, 0.3) is 0 Å². The number of aromatic amines is 1. The van der Waals surface area contributed by atoms with Gasteiger partial charge in [0.15, 0.2) is 6.61 Å². The molecule has 2 fully saturated rings. The van der Waals surface area contributed by atoms with Crippen LogP contribution in [0, 0.1) is 0 Å². The molecule has 2 atom stereocenters. The Hall–Kier alpha value is -3.44. The van der Waals surface area contributed by atoms with E-state index in [4.69, 9.17) is 14.6 Å². The third kappa shape index (κ3) is 4.90. The Morgan fingerprint density at radius 3 is 2.44 bits per heavy atom. The number of carboxylic acid groups (broad SMARTS) is 1. The predicted molar refractivity (Wildman–Crippen MR) is 119 cm³/mol. The fraction of sp³-hybridized carbons (Fsp3) is 0.478. The van der Waals surface area contributed by atoms with E-state index in [2.05, 4.69) is 4.98 Å². The Labute approximate surface area is 194 Å². The highest BCUT2D eigenvalue weighted by molar-refractivity contribution is 5.94. The minimum atomic E-state index is -1.25. The number of carbonyl (C=O) groups excluding carboxylic acids is 1. The number of hydrogen-bond donors (Lipinski definition) is 3. The third-order valence-corrected chi connectivity index (χ3v) is 6.56. The van der Waals surface area contributed by atoms with Crippen molar-refractivity contribution in [2.75, 3.05) is 26.3 Å². The molecule has 11 nitrogen and oxygen atoms in total. The van der Waals surface area contributed by atoms with Crippen LogP contribution >= 0.6 is 0 Å². The largest absolute Gasteiger partial charge is 0.482 e. The highest BCUT2D eigenvalue weighted by atomic mass is 16.5. The molecule has 1 spiro atoms. The number of benzene rings is 1. The number of aromatic nitrogens is 2. The van der Waals surface area contributed by atoms with Gasteiger partial charge in [0.2, 0.25) is 0 Å². The number of H-pyrrole nitrogens is 1. The van der Waals surface area contributed by atoms with Gasteiger partial charge in [0, 0.05) is 37.3 Å². The number of carboxylic acids is 1. The average molecular weight is 473 g/mol. The molecule has 0 saturated carbocycles. The second-order valence-electron chi connectivity index (χ2n) is 9.06. The Morgan fingerprint density at radius 1 is 1.18 bits per heavy atom. The molecule has 34 heavy (non-hydrogen) atoms. The quantitative estimate of drug-likeness (QED) is 0.564. The predicted octanol–water partition coefficient (Wildman–Crippen LogP) is 0.387. The lowest BCUT2D eigenvalue weighted by Crippen LogP contribution is -2.59. The molecular weight excluding hydrogens is 446 g/mol. The maximum Gasteiger partial charge on any atom is 0.341 e. The smallest absolute Gasteiger partial charge is 0.341 e. The van der Waals surface area contributed by atoms with Crippen LogP contribution in [0.5, 0.6) is 5.75 Å². The molecule has 3 heterocycles. The standard InChI is InChI=1S/C23H27N3O8/c1-22(32)14-23(34-12-17(22)26-9-6-18(27)24-21(26)31)7-10-25(11-8-23)20(30)15-2-4-16(5-3-15)33-13-19(28)29/h2-6,9,17,32H,7-8,10-14H2,1H3,(H,28,29)(H,24,27,31)/t17-,22-/m0/s1. The summed E-state index contributed by atoms with van der Waals surface area (Å²) in [4.78, 5) is 51.0. The van der Waals surface area contributed by atoms with Crippen molar-refractivity contribution in [2.45, 2.75) is 43.4 Å². The van der Waals surface area contributed by atoms with Gasteiger partial charge in [-0.05, 0) is 44.0 Å². The highest BCUT2D eigenvalue weighted by Crippen LogP contribution is 2.43. The van der Waals surface area contributed by atoms with Gasteiger partial charge >= 0.3 is 11.7 Å². The lowest BCUT2D eigenvalue weighted by Gasteiger charge is -2.51. The van der Waals surface area contributed by atoms with Gasteiger partial charge in [-0.3, -0.25) is 19.1 Å². The van der Waals surface area contributed by atoms with E-state index in [1.807, 2.05) is 0 Å². The zero-order chi connectivity index (χ0) is 24.5.